The molecule has 0 bridgehead atoms. The molecule has 7 heteroatoms. The van der Waals surface area contributed by atoms with Gasteiger partial charge in [-0.25, -0.2) is 4.98 Å². The number of hydrogen-bond donors (Lipinski definition) is 0. The average Bonchev–Trinajstić information content (AvgIpc) is 3.47. The smallest absolute Gasteiger partial charge is 0.254 e. The van der Waals surface area contributed by atoms with Crippen molar-refractivity contribution >= 4 is 22.8 Å². The number of hydrogen-bond acceptors (Lipinski definition) is 4. The van der Waals surface area contributed by atoms with E-state index in [-0.39, 0.29) is 17.9 Å². The van der Waals surface area contributed by atoms with Gasteiger partial charge in [0.15, 0.2) is 5.65 Å². The highest BCUT2D eigenvalue weighted by atomic mass is 16.2. The molecule has 7 nitrogen and oxygen atoms in total. The maximum atomic E-state index is 13.4. The van der Waals surface area contributed by atoms with Crippen molar-refractivity contribution in [2.24, 2.45) is 7.05 Å². The Morgan fingerprint density at radius 2 is 1.85 bits per heavy atom. The summed E-state index contributed by atoms with van der Waals surface area (Å²) in [6, 6.07) is 2.20. The van der Waals surface area contributed by atoms with Crippen molar-refractivity contribution in [1.82, 2.24) is 24.6 Å². The van der Waals surface area contributed by atoms with Crippen LogP contribution in [-0.2, 0) is 11.8 Å². The van der Waals surface area contributed by atoms with Crippen molar-refractivity contribution in [2.75, 3.05) is 20.1 Å². The first-order chi connectivity index (χ1) is 12.9. The average molecular weight is 369 g/mol. The SMILES string of the molecule is CC(=O)N(C)C1CCN(C(=O)c2cc(C3CC3)nc3c2c(C)nn3C)CC1. The van der Waals surface area contributed by atoms with Crippen molar-refractivity contribution in [3.8, 4) is 0 Å². The van der Waals surface area contributed by atoms with E-state index < -0.39 is 0 Å². The first-order valence-corrected chi connectivity index (χ1v) is 9.73. The number of rotatable bonds is 3. The van der Waals surface area contributed by atoms with Crippen LogP contribution in [0, 0.1) is 6.92 Å². The molecule has 0 radical (unpaired) electrons. The molecule has 1 aliphatic heterocycles. The zero-order valence-electron chi connectivity index (χ0n) is 16.5. The van der Waals surface area contributed by atoms with Crippen LogP contribution in [0.4, 0.5) is 0 Å². The Kier molecular flexibility index (Phi) is 4.40. The lowest BCUT2D eigenvalue weighted by molar-refractivity contribution is -0.130. The first-order valence-electron chi connectivity index (χ1n) is 9.73. The predicted octanol–water partition coefficient (Wildman–Crippen LogP) is 2.24. The van der Waals surface area contributed by atoms with E-state index in [1.54, 1.807) is 16.5 Å². The Bertz CT molecular complexity index is 907. The molecule has 0 N–H and O–H groups in total. The highest BCUT2D eigenvalue weighted by Gasteiger charge is 2.31. The van der Waals surface area contributed by atoms with Gasteiger partial charge in [-0.1, -0.05) is 0 Å². The maximum Gasteiger partial charge on any atom is 0.254 e. The number of carbonyl (C=O) groups excluding carboxylic acids is 2. The monoisotopic (exact) mass is 369 g/mol. The van der Waals surface area contributed by atoms with Crippen molar-refractivity contribution in [1.29, 1.82) is 0 Å². The summed E-state index contributed by atoms with van der Waals surface area (Å²) in [7, 11) is 3.73. The Balaban J connectivity index is 1.62. The molecule has 3 heterocycles. The summed E-state index contributed by atoms with van der Waals surface area (Å²) in [6.07, 6.45) is 3.92. The lowest BCUT2D eigenvalue weighted by Crippen LogP contribution is -2.46. The van der Waals surface area contributed by atoms with Crippen molar-refractivity contribution in [2.45, 2.75) is 51.5 Å². The molecule has 4 rings (SSSR count). The fraction of sp³-hybridized carbons (Fsp3) is 0.600. The molecule has 2 fully saturated rings. The number of pyridine rings is 1. The molecule has 0 spiro atoms. The Labute approximate surface area is 159 Å². The second-order valence-corrected chi connectivity index (χ2v) is 7.93. The summed E-state index contributed by atoms with van der Waals surface area (Å²) in [4.78, 5) is 33.5. The molecule has 0 unspecified atom stereocenters. The van der Waals surface area contributed by atoms with Gasteiger partial charge < -0.3 is 9.80 Å². The molecule has 2 aromatic rings. The Morgan fingerprint density at radius 3 is 2.44 bits per heavy atom. The fourth-order valence-corrected chi connectivity index (χ4v) is 4.10. The van der Waals surface area contributed by atoms with Crippen LogP contribution >= 0.6 is 0 Å². The van der Waals surface area contributed by atoms with Gasteiger partial charge in [0, 0.05) is 51.8 Å². The van der Waals surface area contributed by atoms with Gasteiger partial charge in [-0.05, 0) is 38.7 Å². The summed E-state index contributed by atoms with van der Waals surface area (Å²) in [6.45, 7) is 4.87. The van der Waals surface area contributed by atoms with E-state index in [1.807, 2.05) is 32.0 Å². The molecule has 27 heavy (non-hydrogen) atoms. The van der Waals surface area contributed by atoms with Crippen LogP contribution in [0.3, 0.4) is 0 Å². The molecular formula is C20H27N5O2. The minimum absolute atomic E-state index is 0.0596. The van der Waals surface area contributed by atoms with Gasteiger partial charge in [-0.2, -0.15) is 5.10 Å². The highest BCUT2D eigenvalue weighted by molar-refractivity contribution is 6.06. The summed E-state index contributed by atoms with van der Waals surface area (Å²) in [5.41, 5.74) is 3.38. The van der Waals surface area contributed by atoms with Crippen molar-refractivity contribution in [3.63, 3.8) is 0 Å². The number of aromatic nitrogens is 3. The normalized spacial score (nSPS) is 18.1. The van der Waals surface area contributed by atoms with E-state index >= 15 is 0 Å². The van der Waals surface area contributed by atoms with Crippen LogP contribution in [0.1, 0.15) is 60.3 Å². The lowest BCUT2D eigenvalue weighted by Gasteiger charge is -2.36. The van der Waals surface area contributed by atoms with Gasteiger partial charge in [0.2, 0.25) is 5.91 Å². The number of nitrogens with zero attached hydrogens (tertiary/aromatic N) is 5. The number of aryl methyl sites for hydroxylation is 2. The van der Waals surface area contributed by atoms with Crippen LogP contribution in [-0.4, -0.2) is 62.6 Å². The highest BCUT2D eigenvalue weighted by Crippen LogP contribution is 2.40. The van der Waals surface area contributed by atoms with Gasteiger partial charge >= 0.3 is 0 Å². The maximum absolute atomic E-state index is 13.4. The van der Waals surface area contributed by atoms with Crippen LogP contribution in [0.2, 0.25) is 0 Å². The fourth-order valence-electron chi connectivity index (χ4n) is 4.10. The third-order valence-electron chi connectivity index (χ3n) is 6.01. The largest absolute Gasteiger partial charge is 0.343 e. The molecule has 0 aromatic carbocycles. The number of piperidine rings is 1. The summed E-state index contributed by atoms with van der Waals surface area (Å²) in [5.74, 6) is 0.617. The Hall–Kier alpha value is -2.44. The number of amides is 2. The second kappa shape index (κ2) is 6.62. The van der Waals surface area contributed by atoms with Crippen LogP contribution < -0.4 is 0 Å². The molecule has 2 aliphatic rings. The van der Waals surface area contributed by atoms with E-state index in [9.17, 15) is 9.59 Å². The van der Waals surface area contributed by atoms with Crippen molar-refractivity contribution < 1.29 is 9.59 Å². The quantitative estimate of drug-likeness (QED) is 0.832. The number of fused-ring (bicyclic) bond motifs is 1. The zero-order chi connectivity index (χ0) is 19.3. The van der Waals surface area contributed by atoms with Gasteiger partial charge in [0.05, 0.1) is 16.6 Å². The van der Waals surface area contributed by atoms with Crippen molar-refractivity contribution in [3.05, 3.63) is 23.0 Å². The van der Waals surface area contributed by atoms with Gasteiger partial charge in [0.25, 0.3) is 5.91 Å². The van der Waals surface area contributed by atoms with Gasteiger partial charge in [0.1, 0.15) is 0 Å². The van der Waals surface area contributed by atoms with E-state index in [0.29, 0.717) is 19.0 Å². The second-order valence-electron chi connectivity index (χ2n) is 7.93. The molecule has 144 valence electrons. The standard InChI is InChI=1S/C20H27N5O2/c1-12-18-16(11-17(14-5-6-14)21-19(18)24(4)22-12)20(27)25-9-7-15(8-10-25)23(3)13(2)26/h11,14-15H,5-10H2,1-4H3. The third kappa shape index (κ3) is 3.19. The third-order valence-corrected chi connectivity index (χ3v) is 6.01. The zero-order valence-corrected chi connectivity index (χ0v) is 16.5. The molecular weight excluding hydrogens is 342 g/mol. The number of likely N-dealkylation sites (tertiary alicyclic amines) is 1. The van der Waals surface area contributed by atoms with Gasteiger partial charge in [-0.15, -0.1) is 0 Å². The Morgan fingerprint density at radius 1 is 1.19 bits per heavy atom. The predicted molar refractivity (Wildman–Crippen MR) is 103 cm³/mol. The van der Waals surface area contributed by atoms with E-state index in [0.717, 1.165) is 53.7 Å². The van der Waals surface area contributed by atoms with Crippen LogP contribution in [0.5, 0.6) is 0 Å². The molecule has 0 atom stereocenters. The number of carbonyl (C=O) groups is 2. The molecule has 2 amide bonds. The summed E-state index contributed by atoms with van der Waals surface area (Å²) in [5, 5.41) is 5.36. The summed E-state index contributed by atoms with van der Waals surface area (Å²) < 4.78 is 1.78. The minimum Gasteiger partial charge on any atom is -0.343 e. The van der Waals surface area contributed by atoms with E-state index in [2.05, 4.69) is 5.10 Å². The molecule has 1 aliphatic carbocycles. The summed E-state index contributed by atoms with van der Waals surface area (Å²) >= 11 is 0. The topological polar surface area (TPSA) is 71.3 Å². The minimum atomic E-state index is 0.0596. The van der Waals surface area contributed by atoms with E-state index in [4.69, 9.17) is 4.98 Å². The molecule has 1 saturated carbocycles. The van der Waals surface area contributed by atoms with Gasteiger partial charge in [-0.3, -0.25) is 14.3 Å². The molecule has 1 saturated heterocycles. The molecule has 2 aromatic heterocycles. The van der Waals surface area contributed by atoms with Crippen LogP contribution in [0.15, 0.2) is 6.07 Å². The lowest BCUT2D eigenvalue weighted by atomic mass is 10.0. The first kappa shape index (κ1) is 17.9. The van der Waals surface area contributed by atoms with Crippen LogP contribution in [0.25, 0.3) is 11.0 Å². The van der Waals surface area contributed by atoms with E-state index in [1.165, 1.54) is 0 Å².